The van der Waals surface area contributed by atoms with E-state index >= 15 is 0 Å². The van der Waals surface area contributed by atoms with Crippen LogP contribution in [0.3, 0.4) is 0 Å². The molecule has 0 bridgehead atoms. The molecule has 1 aromatic carbocycles. The summed E-state index contributed by atoms with van der Waals surface area (Å²) < 4.78 is 0. The maximum atomic E-state index is 10.9. The summed E-state index contributed by atoms with van der Waals surface area (Å²) in [6, 6.07) is 4.72. The van der Waals surface area contributed by atoms with Crippen LogP contribution in [0.1, 0.15) is 24.3 Å². The molecule has 17 heavy (non-hydrogen) atoms. The van der Waals surface area contributed by atoms with E-state index in [1.165, 1.54) is 6.07 Å². The molecule has 0 saturated heterocycles. The van der Waals surface area contributed by atoms with Gasteiger partial charge in [-0.05, 0) is 17.7 Å². The molecule has 0 aliphatic rings. The molecule has 0 radical (unpaired) electrons. The third-order valence-corrected chi connectivity index (χ3v) is 2.83. The quantitative estimate of drug-likeness (QED) is 0.866. The van der Waals surface area contributed by atoms with Crippen LogP contribution in [0.2, 0.25) is 10.0 Å². The van der Waals surface area contributed by atoms with E-state index in [1.807, 2.05) is 0 Å². The van der Waals surface area contributed by atoms with Gasteiger partial charge in [0.1, 0.15) is 0 Å². The summed E-state index contributed by atoms with van der Waals surface area (Å²) in [5.74, 6) is -2.11. The number of hydrogen-bond donors (Lipinski definition) is 2. The summed E-state index contributed by atoms with van der Waals surface area (Å²) in [6.07, 6.45) is -0.266. The van der Waals surface area contributed by atoms with Crippen LogP contribution in [0.15, 0.2) is 18.2 Å². The Bertz CT molecular complexity index is 432. The van der Waals surface area contributed by atoms with Crippen molar-refractivity contribution in [1.29, 1.82) is 0 Å². The third kappa shape index (κ3) is 4.24. The van der Waals surface area contributed by atoms with Crippen LogP contribution in [0.5, 0.6) is 0 Å². The highest BCUT2D eigenvalue weighted by atomic mass is 35.5. The van der Waals surface area contributed by atoms with Gasteiger partial charge in [-0.1, -0.05) is 29.3 Å². The smallest absolute Gasteiger partial charge is 0.303 e. The normalized spacial score (nSPS) is 12.1. The van der Waals surface area contributed by atoms with Gasteiger partial charge >= 0.3 is 5.97 Å². The van der Waals surface area contributed by atoms with Gasteiger partial charge in [-0.25, -0.2) is 0 Å². The molecule has 0 aliphatic heterocycles. The summed E-state index contributed by atoms with van der Waals surface area (Å²) >= 11 is 11.7. The number of halogens is 2. The van der Waals surface area contributed by atoms with Crippen molar-refractivity contribution in [3.63, 3.8) is 0 Å². The lowest BCUT2D eigenvalue weighted by Gasteiger charge is -2.15. The van der Waals surface area contributed by atoms with E-state index in [0.717, 1.165) is 0 Å². The molecule has 1 rings (SSSR count). The number of hydrogen-bond acceptors (Lipinski definition) is 2. The molecule has 0 aliphatic carbocycles. The first kappa shape index (κ1) is 13.8. The lowest BCUT2D eigenvalue weighted by Crippen LogP contribution is -2.17. The van der Waals surface area contributed by atoms with Crippen molar-refractivity contribution in [2.24, 2.45) is 5.73 Å². The number of carboxylic acids is 1. The van der Waals surface area contributed by atoms with Crippen molar-refractivity contribution in [1.82, 2.24) is 0 Å². The fourth-order valence-corrected chi connectivity index (χ4v) is 2.14. The molecule has 1 aromatic rings. The van der Waals surface area contributed by atoms with E-state index in [1.54, 1.807) is 12.1 Å². The molecule has 1 unspecified atom stereocenters. The molecule has 3 N–H and O–H groups in total. The van der Waals surface area contributed by atoms with Gasteiger partial charge in [0.05, 0.1) is 6.42 Å². The van der Waals surface area contributed by atoms with Gasteiger partial charge in [-0.2, -0.15) is 0 Å². The lowest BCUT2D eigenvalue weighted by atomic mass is 9.92. The molecule has 0 spiro atoms. The fourth-order valence-electron chi connectivity index (χ4n) is 1.58. The lowest BCUT2D eigenvalue weighted by molar-refractivity contribution is -0.137. The molecular formula is C11H11Cl2NO3. The van der Waals surface area contributed by atoms with Crippen LogP contribution in [-0.2, 0) is 9.59 Å². The third-order valence-electron chi connectivity index (χ3n) is 2.27. The molecule has 4 nitrogen and oxygen atoms in total. The minimum atomic E-state index is -1.01. The number of benzene rings is 1. The van der Waals surface area contributed by atoms with Crippen LogP contribution in [-0.4, -0.2) is 17.0 Å². The highest BCUT2D eigenvalue weighted by molar-refractivity contribution is 6.35. The van der Waals surface area contributed by atoms with Gasteiger partial charge in [-0.15, -0.1) is 0 Å². The SMILES string of the molecule is NC(=O)CC(CC(=O)O)c1ccc(Cl)cc1Cl. The molecule has 0 aromatic heterocycles. The van der Waals surface area contributed by atoms with Gasteiger partial charge in [0.15, 0.2) is 0 Å². The van der Waals surface area contributed by atoms with Crippen LogP contribution in [0.4, 0.5) is 0 Å². The van der Waals surface area contributed by atoms with Gasteiger partial charge in [0, 0.05) is 22.4 Å². The molecule has 0 heterocycles. The van der Waals surface area contributed by atoms with E-state index in [0.29, 0.717) is 15.6 Å². The van der Waals surface area contributed by atoms with E-state index in [9.17, 15) is 9.59 Å². The zero-order valence-corrected chi connectivity index (χ0v) is 10.3. The average molecular weight is 276 g/mol. The molecule has 1 atom stereocenters. The standard InChI is InChI=1S/C11H11Cl2NO3/c12-7-1-2-8(9(13)5-7)6(3-10(14)15)4-11(16)17/h1-2,5-6H,3-4H2,(H2,14,15)(H,16,17). The molecule has 6 heteroatoms. The van der Waals surface area contributed by atoms with Crippen LogP contribution < -0.4 is 5.73 Å². The van der Waals surface area contributed by atoms with Gasteiger partial charge in [-0.3, -0.25) is 9.59 Å². The van der Waals surface area contributed by atoms with E-state index in [-0.39, 0.29) is 12.8 Å². The van der Waals surface area contributed by atoms with Gasteiger partial charge in [0.25, 0.3) is 0 Å². The Kier molecular flexibility index (Phi) is 4.78. The molecular weight excluding hydrogens is 265 g/mol. The van der Waals surface area contributed by atoms with Crippen LogP contribution >= 0.6 is 23.2 Å². The predicted molar refractivity (Wildman–Crippen MR) is 65.3 cm³/mol. The molecule has 0 fully saturated rings. The maximum Gasteiger partial charge on any atom is 0.303 e. The Morgan fingerprint density at radius 1 is 1.29 bits per heavy atom. The summed E-state index contributed by atoms with van der Waals surface area (Å²) in [5.41, 5.74) is 5.65. The second-order valence-corrected chi connectivity index (χ2v) is 4.47. The monoisotopic (exact) mass is 275 g/mol. The number of aliphatic carboxylic acids is 1. The second-order valence-electron chi connectivity index (χ2n) is 3.63. The first-order chi connectivity index (χ1) is 7.90. The fraction of sp³-hybridized carbons (Fsp3) is 0.273. The number of amides is 1. The summed E-state index contributed by atoms with van der Waals surface area (Å²) in [6.45, 7) is 0. The average Bonchev–Trinajstić information content (AvgIpc) is 2.14. The number of rotatable bonds is 5. The van der Waals surface area contributed by atoms with Crippen LogP contribution in [0.25, 0.3) is 0 Å². The van der Waals surface area contributed by atoms with Gasteiger partial charge in [0.2, 0.25) is 5.91 Å². The number of carboxylic acid groups (broad SMARTS) is 1. The van der Waals surface area contributed by atoms with Crippen molar-refractivity contribution >= 4 is 35.1 Å². The first-order valence-electron chi connectivity index (χ1n) is 4.85. The van der Waals surface area contributed by atoms with E-state index < -0.39 is 17.8 Å². The minimum Gasteiger partial charge on any atom is -0.481 e. The number of carbonyl (C=O) groups is 2. The molecule has 92 valence electrons. The van der Waals surface area contributed by atoms with Crippen molar-refractivity contribution in [2.75, 3.05) is 0 Å². The Labute approximate surface area is 108 Å². The van der Waals surface area contributed by atoms with Crippen molar-refractivity contribution in [3.05, 3.63) is 33.8 Å². The second kappa shape index (κ2) is 5.89. The predicted octanol–water partition coefficient (Wildman–Crippen LogP) is 2.43. The highest BCUT2D eigenvalue weighted by Gasteiger charge is 2.20. The zero-order valence-electron chi connectivity index (χ0n) is 8.82. The van der Waals surface area contributed by atoms with Crippen molar-refractivity contribution in [3.8, 4) is 0 Å². The van der Waals surface area contributed by atoms with E-state index in [2.05, 4.69) is 0 Å². The van der Waals surface area contributed by atoms with E-state index in [4.69, 9.17) is 34.0 Å². The Hall–Kier alpha value is -1.26. The largest absolute Gasteiger partial charge is 0.481 e. The Morgan fingerprint density at radius 3 is 2.41 bits per heavy atom. The van der Waals surface area contributed by atoms with Crippen molar-refractivity contribution < 1.29 is 14.7 Å². The number of carbonyl (C=O) groups excluding carboxylic acids is 1. The minimum absolute atomic E-state index is 0.0619. The first-order valence-corrected chi connectivity index (χ1v) is 5.60. The van der Waals surface area contributed by atoms with Crippen molar-refractivity contribution in [2.45, 2.75) is 18.8 Å². The zero-order chi connectivity index (χ0) is 13.0. The Balaban J connectivity index is 3.02. The van der Waals surface area contributed by atoms with Gasteiger partial charge < -0.3 is 10.8 Å². The van der Waals surface area contributed by atoms with Crippen LogP contribution in [0, 0.1) is 0 Å². The highest BCUT2D eigenvalue weighted by Crippen LogP contribution is 2.31. The summed E-state index contributed by atoms with van der Waals surface area (Å²) in [7, 11) is 0. The topological polar surface area (TPSA) is 80.4 Å². The molecule has 0 saturated carbocycles. The number of nitrogens with two attached hydrogens (primary N) is 1. The summed E-state index contributed by atoms with van der Waals surface area (Å²) in [5, 5.41) is 9.57. The maximum absolute atomic E-state index is 10.9. The molecule has 1 amide bonds. The number of primary amides is 1. The Morgan fingerprint density at radius 2 is 1.94 bits per heavy atom. The summed E-state index contributed by atoms with van der Waals surface area (Å²) in [4.78, 5) is 21.6.